The highest BCUT2D eigenvalue weighted by Crippen LogP contribution is 2.35. The molecular formula is C20H16N2O5S. The minimum Gasteiger partial charge on any atom is -0.495 e. The summed E-state index contributed by atoms with van der Waals surface area (Å²) >= 11 is 1.31. The zero-order chi connectivity index (χ0) is 19.7. The third kappa shape index (κ3) is 2.96. The minimum absolute atomic E-state index is 0.141. The van der Waals surface area contributed by atoms with E-state index in [1.165, 1.54) is 11.3 Å². The van der Waals surface area contributed by atoms with Gasteiger partial charge in [-0.3, -0.25) is 4.79 Å². The lowest BCUT2D eigenvalue weighted by atomic mass is 10.2. The van der Waals surface area contributed by atoms with Crippen LogP contribution in [-0.4, -0.2) is 31.5 Å². The van der Waals surface area contributed by atoms with Crippen LogP contribution >= 0.6 is 11.3 Å². The van der Waals surface area contributed by atoms with Crippen LogP contribution in [0.1, 0.15) is 10.4 Å². The van der Waals surface area contributed by atoms with Crippen molar-refractivity contribution < 1.29 is 23.7 Å². The molecule has 0 unspecified atom stereocenters. The van der Waals surface area contributed by atoms with E-state index in [-0.39, 0.29) is 13.3 Å². The number of carbonyl (C=O) groups excluding carboxylic acids is 1. The molecular weight excluding hydrogens is 380 g/mol. The summed E-state index contributed by atoms with van der Waals surface area (Å²) in [5, 5.41) is 0. The van der Waals surface area contributed by atoms with Gasteiger partial charge < -0.3 is 23.5 Å². The van der Waals surface area contributed by atoms with Crippen LogP contribution in [0.15, 0.2) is 35.3 Å². The molecule has 1 aromatic heterocycles. The fourth-order valence-electron chi connectivity index (χ4n) is 2.96. The largest absolute Gasteiger partial charge is 0.495 e. The van der Waals surface area contributed by atoms with Gasteiger partial charge in [0, 0.05) is 5.56 Å². The van der Waals surface area contributed by atoms with Crippen LogP contribution < -0.4 is 23.7 Å². The normalized spacial score (nSPS) is 12.8. The van der Waals surface area contributed by atoms with E-state index < -0.39 is 5.91 Å². The summed E-state index contributed by atoms with van der Waals surface area (Å²) in [4.78, 5) is 17.5. The molecule has 1 aliphatic heterocycles. The fourth-order valence-corrected chi connectivity index (χ4v) is 4.10. The Kier molecular flexibility index (Phi) is 4.67. The number of thiazole rings is 1. The molecule has 2 aromatic carbocycles. The number of ether oxygens (including phenoxy) is 4. The number of amides is 1. The van der Waals surface area contributed by atoms with Crippen LogP contribution in [0.3, 0.4) is 0 Å². The highest BCUT2D eigenvalue weighted by molar-refractivity contribution is 7.16. The highest BCUT2D eigenvalue weighted by atomic mass is 32.1. The number of carbonyl (C=O) groups is 1. The van der Waals surface area contributed by atoms with E-state index in [2.05, 4.69) is 10.9 Å². The van der Waals surface area contributed by atoms with E-state index in [9.17, 15) is 4.79 Å². The van der Waals surface area contributed by atoms with Crippen LogP contribution in [0, 0.1) is 12.3 Å². The molecule has 0 radical (unpaired) electrons. The maximum absolute atomic E-state index is 12.8. The summed E-state index contributed by atoms with van der Waals surface area (Å²) in [6.45, 7) is 0.374. The standard InChI is InChI=1S/C20H16N2O5S/c1-4-9-22-17-14(24-2)7-8-15(25-3)18(17)28-20(22)21-19(23)12-5-6-13-16(10-12)27-11-26-13/h1,5-8,10H,9,11H2,2-3H3. The SMILES string of the molecule is C#CCn1c(=NC(=O)c2ccc3c(c2)OCO3)sc2c(OC)ccc(OC)c21. The number of hydrogen-bond donors (Lipinski definition) is 0. The molecule has 142 valence electrons. The van der Waals surface area contributed by atoms with Crippen LogP contribution in [-0.2, 0) is 6.54 Å². The van der Waals surface area contributed by atoms with E-state index in [1.807, 2.05) is 0 Å². The number of nitrogens with zero attached hydrogens (tertiary/aromatic N) is 2. The lowest BCUT2D eigenvalue weighted by molar-refractivity contribution is 0.0997. The molecule has 7 nitrogen and oxygen atoms in total. The first-order valence-corrected chi connectivity index (χ1v) is 9.14. The molecule has 0 atom stereocenters. The van der Waals surface area contributed by atoms with Gasteiger partial charge in [-0.25, -0.2) is 0 Å². The van der Waals surface area contributed by atoms with E-state index in [0.717, 1.165) is 10.2 Å². The summed E-state index contributed by atoms with van der Waals surface area (Å²) in [5.41, 5.74) is 1.13. The van der Waals surface area contributed by atoms with Gasteiger partial charge in [-0.2, -0.15) is 4.99 Å². The molecule has 1 aliphatic rings. The number of hydrogen-bond acceptors (Lipinski definition) is 6. The summed E-state index contributed by atoms with van der Waals surface area (Å²) in [7, 11) is 3.16. The average Bonchev–Trinajstić information content (AvgIpc) is 3.32. The van der Waals surface area contributed by atoms with Crippen molar-refractivity contribution in [2.24, 2.45) is 4.99 Å². The van der Waals surface area contributed by atoms with Gasteiger partial charge in [0.15, 0.2) is 16.3 Å². The van der Waals surface area contributed by atoms with Gasteiger partial charge >= 0.3 is 0 Å². The second-order valence-corrected chi connectivity index (χ2v) is 6.79. The monoisotopic (exact) mass is 396 g/mol. The van der Waals surface area contributed by atoms with Gasteiger partial charge in [0.1, 0.15) is 21.7 Å². The third-order valence-electron chi connectivity index (χ3n) is 4.26. The molecule has 0 spiro atoms. The van der Waals surface area contributed by atoms with Crippen molar-refractivity contribution in [1.82, 2.24) is 4.57 Å². The minimum atomic E-state index is -0.409. The van der Waals surface area contributed by atoms with Crippen molar-refractivity contribution in [3.63, 3.8) is 0 Å². The second kappa shape index (κ2) is 7.29. The quantitative estimate of drug-likeness (QED) is 0.634. The van der Waals surface area contributed by atoms with E-state index >= 15 is 0 Å². The number of aromatic nitrogens is 1. The summed E-state index contributed by atoms with van der Waals surface area (Å²) < 4.78 is 24.1. The average molecular weight is 396 g/mol. The van der Waals surface area contributed by atoms with E-state index in [4.69, 9.17) is 25.4 Å². The molecule has 0 saturated carbocycles. The predicted octanol–water partition coefficient (Wildman–Crippen LogP) is 2.82. The Hall–Kier alpha value is -3.44. The molecule has 0 N–H and O–H groups in total. The maximum atomic E-state index is 12.8. The Bertz CT molecular complexity index is 1190. The molecule has 0 bridgehead atoms. The van der Waals surface area contributed by atoms with E-state index in [0.29, 0.717) is 33.4 Å². The number of methoxy groups -OCH3 is 2. The Balaban J connectivity index is 1.88. The third-order valence-corrected chi connectivity index (χ3v) is 5.35. The molecule has 0 saturated heterocycles. The zero-order valence-corrected chi connectivity index (χ0v) is 16.0. The molecule has 0 aliphatic carbocycles. The first kappa shape index (κ1) is 17.9. The van der Waals surface area contributed by atoms with Gasteiger partial charge in [-0.15, -0.1) is 6.42 Å². The predicted molar refractivity (Wildman–Crippen MR) is 104 cm³/mol. The first-order valence-electron chi connectivity index (χ1n) is 8.32. The van der Waals surface area contributed by atoms with Crippen molar-refractivity contribution in [2.45, 2.75) is 6.54 Å². The Morgan fingerprint density at radius 2 is 1.96 bits per heavy atom. The molecule has 4 rings (SSSR count). The van der Waals surface area contributed by atoms with Crippen molar-refractivity contribution in [2.75, 3.05) is 21.0 Å². The van der Waals surface area contributed by atoms with Gasteiger partial charge in [-0.05, 0) is 30.3 Å². The molecule has 2 heterocycles. The number of terminal acetylenes is 1. The molecule has 28 heavy (non-hydrogen) atoms. The number of benzene rings is 2. The summed E-state index contributed by atoms with van der Waals surface area (Å²) in [5.74, 6) is 4.61. The molecule has 0 fully saturated rings. The summed E-state index contributed by atoms with van der Waals surface area (Å²) in [6, 6.07) is 8.57. The van der Waals surface area contributed by atoms with Crippen molar-refractivity contribution >= 4 is 27.5 Å². The molecule has 8 heteroatoms. The summed E-state index contributed by atoms with van der Waals surface area (Å²) in [6.07, 6.45) is 5.55. The topological polar surface area (TPSA) is 71.3 Å². The molecule has 3 aromatic rings. The lowest BCUT2D eigenvalue weighted by Gasteiger charge is -2.08. The molecule has 1 amide bonds. The van der Waals surface area contributed by atoms with Crippen LogP contribution in [0.2, 0.25) is 0 Å². The Morgan fingerprint density at radius 3 is 2.71 bits per heavy atom. The van der Waals surface area contributed by atoms with Crippen molar-refractivity contribution in [1.29, 1.82) is 0 Å². The van der Waals surface area contributed by atoms with Crippen LogP contribution in [0.25, 0.3) is 10.2 Å². The number of rotatable bonds is 4. The van der Waals surface area contributed by atoms with Crippen molar-refractivity contribution in [3.05, 3.63) is 40.7 Å². The van der Waals surface area contributed by atoms with Gasteiger partial charge in [-0.1, -0.05) is 17.3 Å². The maximum Gasteiger partial charge on any atom is 0.279 e. The second-order valence-electron chi connectivity index (χ2n) is 5.81. The van der Waals surface area contributed by atoms with Gasteiger partial charge in [0.05, 0.1) is 20.8 Å². The van der Waals surface area contributed by atoms with Crippen LogP contribution in [0.5, 0.6) is 23.0 Å². The van der Waals surface area contributed by atoms with Gasteiger partial charge in [0.2, 0.25) is 6.79 Å². The first-order chi connectivity index (χ1) is 13.7. The lowest BCUT2D eigenvalue weighted by Crippen LogP contribution is -2.16. The van der Waals surface area contributed by atoms with Crippen LogP contribution in [0.4, 0.5) is 0 Å². The zero-order valence-electron chi connectivity index (χ0n) is 15.2. The fraction of sp³-hybridized carbons (Fsp3) is 0.200. The smallest absolute Gasteiger partial charge is 0.279 e. The Morgan fingerprint density at radius 1 is 1.21 bits per heavy atom. The Labute approximate surface area is 164 Å². The number of fused-ring (bicyclic) bond motifs is 2. The highest BCUT2D eigenvalue weighted by Gasteiger charge is 2.18. The van der Waals surface area contributed by atoms with Crippen molar-refractivity contribution in [3.8, 4) is 35.3 Å². The van der Waals surface area contributed by atoms with Gasteiger partial charge in [0.25, 0.3) is 5.91 Å². The van der Waals surface area contributed by atoms with E-state index in [1.54, 1.807) is 49.1 Å².